The fraction of sp³-hybridized carbons (Fsp3) is 0.250. The number of hydrogen-bond donors (Lipinski definition) is 1. The minimum atomic E-state index is -4.49. The molecule has 0 aliphatic rings. The molecule has 0 atom stereocenters. The molecule has 0 aliphatic carbocycles. The van der Waals surface area contributed by atoms with E-state index < -0.39 is 11.7 Å². The van der Waals surface area contributed by atoms with Gasteiger partial charge in [0.15, 0.2) is 4.77 Å². The van der Waals surface area contributed by atoms with Crippen LogP contribution in [0.25, 0.3) is 5.69 Å². The quantitative estimate of drug-likeness (QED) is 0.793. The molecule has 0 radical (unpaired) electrons. The van der Waals surface area contributed by atoms with Gasteiger partial charge in [-0.3, -0.25) is 4.57 Å². The van der Waals surface area contributed by atoms with E-state index in [2.05, 4.69) is 4.98 Å². The molecule has 1 aromatic heterocycles. The van der Waals surface area contributed by atoms with Crippen molar-refractivity contribution in [2.75, 3.05) is 0 Å². The zero-order chi connectivity index (χ0) is 14.2. The highest BCUT2D eigenvalue weighted by molar-refractivity contribution is 7.71. The molecule has 2 rings (SSSR count). The maximum atomic E-state index is 12.8. The molecular weight excluding hydrogens is 297 g/mol. The van der Waals surface area contributed by atoms with Gasteiger partial charge in [0.1, 0.15) is 0 Å². The number of imidazole rings is 1. The number of rotatable bonds is 2. The normalized spacial score (nSPS) is 11.8. The predicted molar refractivity (Wildman–Crippen MR) is 70.3 cm³/mol. The van der Waals surface area contributed by atoms with Gasteiger partial charge in [-0.1, -0.05) is 18.5 Å². The number of H-pyrrole nitrogens is 1. The fourth-order valence-electron chi connectivity index (χ4n) is 1.82. The molecular formula is C12H10ClF3N2S. The van der Waals surface area contributed by atoms with Crippen molar-refractivity contribution in [1.29, 1.82) is 0 Å². The van der Waals surface area contributed by atoms with Crippen molar-refractivity contribution >= 4 is 23.8 Å². The Labute approximate surface area is 117 Å². The van der Waals surface area contributed by atoms with E-state index in [9.17, 15) is 13.2 Å². The molecule has 1 aromatic carbocycles. The average Bonchev–Trinajstić information content (AvgIpc) is 2.70. The zero-order valence-electron chi connectivity index (χ0n) is 9.88. The van der Waals surface area contributed by atoms with Gasteiger partial charge in [-0.05, 0) is 36.8 Å². The smallest absolute Gasteiger partial charge is 0.337 e. The SMILES string of the molecule is CCc1c[nH]c(=S)n1-c1ccc(Cl)c(C(F)(F)F)c1. The summed E-state index contributed by atoms with van der Waals surface area (Å²) in [6, 6.07) is 3.75. The Kier molecular flexibility index (Phi) is 3.73. The maximum absolute atomic E-state index is 12.8. The summed E-state index contributed by atoms with van der Waals surface area (Å²) in [5, 5.41) is -0.323. The number of halogens is 4. The van der Waals surface area contributed by atoms with E-state index in [1.165, 1.54) is 12.1 Å². The van der Waals surface area contributed by atoms with Crippen LogP contribution >= 0.6 is 23.8 Å². The highest BCUT2D eigenvalue weighted by Gasteiger charge is 2.33. The van der Waals surface area contributed by atoms with E-state index in [1.54, 1.807) is 10.8 Å². The van der Waals surface area contributed by atoms with Crippen LogP contribution in [-0.4, -0.2) is 9.55 Å². The molecule has 0 fully saturated rings. The molecule has 1 N–H and O–H groups in total. The van der Waals surface area contributed by atoms with Crippen LogP contribution in [-0.2, 0) is 12.6 Å². The summed E-state index contributed by atoms with van der Waals surface area (Å²) in [5.41, 5.74) is 0.289. The van der Waals surface area contributed by atoms with Crippen LogP contribution in [0.2, 0.25) is 5.02 Å². The number of aromatic nitrogens is 2. The molecule has 19 heavy (non-hydrogen) atoms. The molecule has 1 heterocycles. The van der Waals surface area contributed by atoms with E-state index in [0.717, 1.165) is 11.8 Å². The summed E-state index contributed by atoms with van der Waals surface area (Å²) >= 11 is 10.7. The van der Waals surface area contributed by atoms with Crippen LogP contribution < -0.4 is 0 Å². The Morgan fingerprint density at radius 3 is 2.63 bits per heavy atom. The molecule has 0 saturated heterocycles. The molecule has 0 spiro atoms. The van der Waals surface area contributed by atoms with Gasteiger partial charge in [-0.25, -0.2) is 0 Å². The lowest BCUT2D eigenvalue weighted by Crippen LogP contribution is -2.08. The Morgan fingerprint density at radius 2 is 2.05 bits per heavy atom. The molecule has 0 bridgehead atoms. The van der Waals surface area contributed by atoms with Gasteiger partial charge < -0.3 is 4.98 Å². The van der Waals surface area contributed by atoms with Crippen molar-refractivity contribution in [2.45, 2.75) is 19.5 Å². The summed E-state index contributed by atoms with van der Waals surface area (Å²) in [5.74, 6) is 0. The van der Waals surface area contributed by atoms with Crippen LogP contribution in [0.1, 0.15) is 18.2 Å². The highest BCUT2D eigenvalue weighted by atomic mass is 35.5. The summed E-state index contributed by atoms with van der Waals surface area (Å²) in [6.45, 7) is 1.90. The van der Waals surface area contributed by atoms with E-state index in [0.29, 0.717) is 16.9 Å². The largest absolute Gasteiger partial charge is 0.417 e. The first-order valence-electron chi connectivity index (χ1n) is 5.51. The lowest BCUT2D eigenvalue weighted by molar-refractivity contribution is -0.137. The van der Waals surface area contributed by atoms with Crippen LogP contribution in [0.3, 0.4) is 0 Å². The van der Waals surface area contributed by atoms with Crippen molar-refractivity contribution in [1.82, 2.24) is 9.55 Å². The van der Waals surface area contributed by atoms with E-state index in [4.69, 9.17) is 23.8 Å². The first kappa shape index (κ1) is 14.1. The molecule has 0 amide bonds. The van der Waals surface area contributed by atoms with Crippen molar-refractivity contribution in [3.8, 4) is 5.69 Å². The molecule has 7 heteroatoms. The van der Waals surface area contributed by atoms with Crippen LogP contribution in [0, 0.1) is 4.77 Å². The second kappa shape index (κ2) is 5.02. The summed E-state index contributed by atoms with van der Waals surface area (Å²) in [6.07, 6.45) is -2.15. The number of nitrogens with one attached hydrogen (secondary N) is 1. The topological polar surface area (TPSA) is 20.7 Å². The van der Waals surface area contributed by atoms with Gasteiger partial charge in [-0.15, -0.1) is 0 Å². The van der Waals surface area contributed by atoms with Crippen molar-refractivity contribution in [3.63, 3.8) is 0 Å². The Hall–Kier alpha value is -1.27. The first-order valence-corrected chi connectivity index (χ1v) is 6.29. The molecule has 0 aliphatic heterocycles. The highest BCUT2D eigenvalue weighted by Crippen LogP contribution is 2.36. The Bertz CT molecular complexity index is 658. The summed E-state index contributed by atoms with van der Waals surface area (Å²) in [4.78, 5) is 2.82. The number of alkyl halides is 3. The van der Waals surface area contributed by atoms with Crippen LogP contribution in [0.5, 0.6) is 0 Å². The van der Waals surface area contributed by atoms with Gasteiger partial charge >= 0.3 is 6.18 Å². The van der Waals surface area contributed by atoms with Crippen molar-refractivity contribution < 1.29 is 13.2 Å². The monoisotopic (exact) mass is 306 g/mol. The third kappa shape index (κ3) is 2.69. The van der Waals surface area contributed by atoms with Crippen LogP contribution in [0.4, 0.5) is 13.2 Å². The number of nitrogens with zero attached hydrogens (tertiary/aromatic N) is 1. The fourth-order valence-corrected chi connectivity index (χ4v) is 2.32. The lowest BCUT2D eigenvalue weighted by Gasteiger charge is -2.12. The van der Waals surface area contributed by atoms with Crippen LogP contribution in [0.15, 0.2) is 24.4 Å². The number of aryl methyl sites for hydroxylation is 1. The molecule has 2 aromatic rings. The van der Waals surface area contributed by atoms with Gasteiger partial charge in [0.25, 0.3) is 0 Å². The maximum Gasteiger partial charge on any atom is 0.417 e. The van der Waals surface area contributed by atoms with E-state index >= 15 is 0 Å². The number of hydrogen-bond acceptors (Lipinski definition) is 1. The predicted octanol–water partition coefficient (Wildman–Crippen LogP) is 4.77. The third-order valence-electron chi connectivity index (χ3n) is 2.73. The Morgan fingerprint density at radius 1 is 1.37 bits per heavy atom. The molecule has 0 unspecified atom stereocenters. The molecule has 0 saturated carbocycles. The summed E-state index contributed by atoms with van der Waals surface area (Å²) in [7, 11) is 0. The number of benzene rings is 1. The average molecular weight is 307 g/mol. The summed E-state index contributed by atoms with van der Waals surface area (Å²) < 4.78 is 40.4. The number of aromatic amines is 1. The zero-order valence-corrected chi connectivity index (χ0v) is 11.5. The molecule has 2 nitrogen and oxygen atoms in total. The van der Waals surface area contributed by atoms with Crippen molar-refractivity contribution in [3.05, 3.63) is 45.4 Å². The van der Waals surface area contributed by atoms with E-state index in [-0.39, 0.29) is 5.02 Å². The Balaban J connectivity index is 2.65. The van der Waals surface area contributed by atoms with Crippen molar-refractivity contribution in [2.24, 2.45) is 0 Å². The second-order valence-corrected chi connectivity index (χ2v) is 4.73. The standard InChI is InChI=1S/C12H10ClF3N2S/c1-2-7-6-17-11(19)18(7)8-3-4-10(13)9(5-8)12(14,15)16/h3-6H,2H2,1H3,(H,17,19). The van der Waals surface area contributed by atoms with Gasteiger partial charge in [0.2, 0.25) is 0 Å². The third-order valence-corrected chi connectivity index (χ3v) is 3.36. The van der Waals surface area contributed by atoms with Gasteiger partial charge in [0, 0.05) is 17.6 Å². The second-order valence-electron chi connectivity index (χ2n) is 3.94. The lowest BCUT2D eigenvalue weighted by atomic mass is 10.2. The van der Waals surface area contributed by atoms with E-state index in [1.807, 2.05) is 6.92 Å². The minimum absolute atomic E-state index is 0.323. The van der Waals surface area contributed by atoms with Gasteiger partial charge in [-0.2, -0.15) is 13.2 Å². The first-order chi connectivity index (χ1) is 8.84. The van der Waals surface area contributed by atoms with Gasteiger partial charge in [0.05, 0.1) is 10.6 Å². The molecule has 102 valence electrons. The minimum Gasteiger partial charge on any atom is -0.337 e.